The second-order valence-corrected chi connectivity index (χ2v) is 21.5. The molecule has 10 rings (SSSR count). The number of rotatable bonds is 22. The van der Waals surface area contributed by atoms with Gasteiger partial charge in [-0.15, -0.1) is 0 Å². The van der Waals surface area contributed by atoms with Gasteiger partial charge in [-0.1, -0.05) is 62.2 Å². The third-order valence-electron chi connectivity index (χ3n) is 16.3. The Bertz CT molecular complexity index is 3150. The van der Waals surface area contributed by atoms with E-state index in [9.17, 15) is 24.0 Å². The topological polar surface area (TPSA) is 207 Å². The van der Waals surface area contributed by atoms with Crippen LogP contribution in [0.3, 0.4) is 0 Å². The van der Waals surface area contributed by atoms with Gasteiger partial charge in [0.2, 0.25) is 11.9 Å². The minimum Gasteiger partial charge on any atom is -0.495 e. The van der Waals surface area contributed by atoms with Crippen molar-refractivity contribution in [3.63, 3.8) is 0 Å². The molecule has 81 heavy (non-hydrogen) atoms. The molecule has 20 nitrogen and oxygen atoms in total. The average Bonchev–Trinajstić information content (AvgIpc) is 4.33. The Hall–Kier alpha value is -7.38. The Kier molecular flexibility index (Phi) is 18.3. The third kappa shape index (κ3) is 12.6. The van der Waals surface area contributed by atoms with E-state index in [0.29, 0.717) is 125 Å². The van der Waals surface area contributed by atoms with Crippen molar-refractivity contribution in [3.05, 3.63) is 95.0 Å². The van der Waals surface area contributed by atoms with E-state index in [0.717, 1.165) is 78.6 Å². The van der Waals surface area contributed by atoms with Crippen LogP contribution in [-0.4, -0.2) is 165 Å². The molecule has 0 spiro atoms. The predicted molar refractivity (Wildman–Crippen MR) is 309 cm³/mol. The molecule has 5 aromatic rings. The maximum Gasteiger partial charge on any atom is 0.318 e. The highest BCUT2D eigenvalue weighted by Crippen LogP contribution is 2.42. The summed E-state index contributed by atoms with van der Waals surface area (Å²) in [4.78, 5) is 70.8. The molecule has 3 aromatic carbocycles. The molecule has 1 aliphatic carbocycles. The van der Waals surface area contributed by atoms with E-state index in [2.05, 4.69) is 66.1 Å². The van der Waals surface area contributed by atoms with E-state index in [-0.39, 0.29) is 48.9 Å². The van der Waals surface area contributed by atoms with Crippen LogP contribution in [0.15, 0.2) is 73.2 Å². The number of carbonyl (C=O) groups excluding carboxylic acids is 3. The molecule has 2 saturated heterocycles. The fraction of sp³-hybridized carbons (Fsp3) is 0.492. The number of nitrogens with one attached hydrogen (secondary N) is 2. The first-order valence-electron chi connectivity index (χ1n) is 28.2. The highest BCUT2D eigenvalue weighted by Gasteiger charge is 2.42. The number of likely N-dealkylation sites (tertiary alicyclic amines) is 1. The van der Waals surface area contributed by atoms with Gasteiger partial charge in [0.05, 0.1) is 81.2 Å². The fourth-order valence-corrected chi connectivity index (χ4v) is 12.4. The van der Waals surface area contributed by atoms with Crippen LogP contribution in [0.4, 0.5) is 39.0 Å². The van der Waals surface area contributed by atoms with Crippen molar-refractivity contribution < 1.29 is 37.7 Å². The van der Waals surface area contributed by atoms with Crippen molar-refractivity contribution in [1.29, 1.82) is 5.26 Å². The summed E-state index contributed by atoms with van der Waals surface area (Å²) in [6.07, 6.45) is 9.28. The van der Waals surface area contributed by atoms with E-state index in [1.54, 1.807) is 43.5 Å². The minimum atomic E-state index is -1.05. The number of ether oxygens (including phenoxy) is 4. The lowest BCUT2D eigenvalue weighted by atomic mass is 10.0. The van der Waals surface area contributed by atoms with Gasteiger partial charge >= 0.3 is 6.01 Å². The zero-order valence-electron chi connectivity index (χ0n) is 46.4. The van der Waals surface area contributed by atoms with Crippen molar-refractivity contribution in [2.45, 2.75) is 95.4 Å². The fourth-order valence-electron chi connectivity index (χ4n) is 12.1. The molecule has 3 amide bonds. The standard InChI is InChI=1S/C59H71ClFN13O7/c1-5-48-57(77)69(3)50-34-64-58(67-54(50)74(48)41-13-6-7-14-41)65-46-19-18-40(33-51(46)78-4)55(75)63-23-29-79-31-32-80-30-28-70-24-10-15-43(70)37-81-59-66-47-36-71(49-17-9-12-39-11-8-16-45(60)52(39)49)25-21-44(47)53(68-59)72-26-27-73(56(76)38(2)61)42(35-72)20-22-62/h8-9,11-12,16-19,33-34,41-43,48H,2,5-7,10,13-15,20-21,23-32,35-37H2,1,3-4H3,(H,63,75)(H,64,65,67)/t42-,43-,48+/m0/s1. The van der Waals surface area contributed by atoms with Gasteiger partial charge in [0, 0.05) is 80.6 Å². The molecule has 6 heterocycles. The third-order valence-corrected chi connectivity index (χ3v) is 16.6. The lowest BCUT2D eigenvalue weighted by Gasteiger charge is -2.43. The number of piperazine rings is 1. The summed E-state index contributed by atoms with van der Waals surface area (Å²) >= 11 is 6.79. The first-order valence-corrected chi connectivity index (χ1v) is 28.6. The summed E-state index contributed by atoms with van der Waals surface area (Å²) < 4.78 is 38.1. The van der Waals surface area contributed by atoms with Gasteiger partial charge in [0.25, 0.3) is 11.8 Å². The van der Waals surface area contributed by atoms with E-state index < -0.39 is 17.8 Å². The quantitative estimate of drug-likeness (QED) is 0.0505. The number of nitriles is 1. The second-order valence-electron chi connectivity index (χ2n) is 21.1. The van der Waals surface area contributed by atoms with Gasteiger partial charge in [-0.3, -0.25) is 19.3 Å². The van der Waals surface area contributed by atoms with Crippen molar-refractivity contribution in [2.75, 3.05) is 118 Å². The molecule has 428 valence electrons. The van der Waals surface area contributed by atoms with Crippen LogP contribution in [0.25, 0.3) is 10.8 Å². The number of aromatic nitrogens is 4. The maximum absolute atomic E-state index is 14.1. The number of hydrogen-bond acceptors (Lipinski definition) is 17. The van der Waals surface area contributed by atoms with Gasteiger partial charge in [-0.05, 0) is 80.8 Å². The molecule has 2 aromatic heterocycles. The molecule has 3 fully saturated rings. The monoisotopic (exact) mass is 1130 g/mol. The molecule has 1 saturated carbocycles. The molecule has 2 N–H and O–H groups in total. The number of halogens is 2. The highest BCUT2D eigenvalue weighted by atomic mass is 35.5. The van der Waals surface area contributed by atoms with Gasteiger partial charge < -0.3 is 54.1 Å². The van der Waals surface area contributed by atoms with Gasteiger partial charge in [-0.2, -0.15) is 20.2 Å². The Morgan fingerprint density at radius 2 is 1.72 bits per heavy atom. The molecule has 5 aliphatic rings. The Labute approximate surface area is 477 Å². The number of nitrogens with zero attached hydrogens (tertiary/aromatic N) is 11. The van der Waals surface area contributed by atoms with Crippen molar-refractivity contribution in [2.24, 2.45) is 0 Å². The number of amides is 3. The number of fused-ring (bicyclic) bond motifs is 3. The molecule has 3 atom stereocenters. The molecular weight excluding hydrogens is 1060 g/mol. The van der Waals surface area contributed by atoms with Crippen molar-refractivity contribution in [1.82, 2.24) is 35.1 Å². The number of methoxy groups -OCH3 is 1. The SMILES string of the molecule is C=C(F)C(=O)N1CCN(c2nc(OC[C@@H]3CCCN3CCOCCOCCNC(=O)c3ccc(Nc4ncc5c(n4)N(C4CCCC4)[C@H](CC)C(=O)N5C)c(OC)c3)nc3c2CCN(c2cccc4cccc(Cl)c24)C3)C[C@@H]1CC#N. The Morgan fingerprint density at radius 1 is 0.914 bits per heavy atom. The first-order chi connectivity index (χ1) is 39.4. The number of anilines is 6. The van der Waals surface area contributed by atoms with E-state index in [1.165, 1.54) is 4.90 Å². The molecule has 0 radical (unpaired) electrons. The smallest absolute Gasteiger partial charge is 0.318 e. The van der Waals surface area contributed by atoms with Gasteiger partial charge in [0.15, 0.2) is 11.6 Å². The summed E-state index contributed by atoms with van der Waals surface area (Å²) in [5.41, 5.74) is 4.51. The number of benzene rings is 3. The largest absolute Gasteiger partial charge is 0.495 e. The van der Waals surface area contributed by atoms with Crippen LogP contribution < -0.4 is 39.7 Å². The van der Waals surface area contributed by atoms with Crippen LogP contribution >= 0.6 is 11.6 Å². The zero-order chi connectivity index (χ0) is 56.6. The summed E-state index contributed by atoms with van der Waals surface area (Å²) in [5.74, 6) is 0.192. The summed E-state index contributed by atoms with van der Waals surface area (Å²) in [5, 5.41) is 18.6. The Morgan fingerprint density at radius 3 is 2.49 bits per heavy atom. The number of likely N-dealkylation sites (N-methyl/N-ethyl adjacent to an activating group) is 1. The van der Waals surface area contributed by atoms with Gasteiger partial charge in [0.1, 0.15) is 29.9 Å². The minimum absolute atomic E-state index is 0.0303. The predicted octanol–water partition coefficient (Wildman–Crippen LogP) is 7.61. The summed E-state index contributed by atoms with van der Waals surface area (Å²) in [6, 6.07) is 19.2. The van der Waals surface area contributed by atoms with Crippen LogP contribution in [0.1, 0.15) is 79.9 Å². The zero-order valence-corrected chi connectivity index (χ0v) is 47.1. The number of hydrogen-bond donors (Lipinski definition) is 2. The highest BCUT2D eigenvalue weighted by molar-refractivity contribution is 6.36. The Balaban J connectivity index is 0.693. The normalized spacial score (nSPS) is 19.4. The van der Waals surface area contributed by atoms with E-state index >= 15 is 0 Å². The number of carbonyl (C=O) groups is 3. The molecule has 4 aliphatic heterocycles. The molecule has 0 bridgehead atoms. The lowest BCUT2D eigenvalue weighted by Crippen LogP contribution is -2.55. The molecular formula is C59H71ClFN13O7. The summed E-state index contributed by atoms with van der Waals surface area (Å²) in [7, 11) is 3.32. The second kappa shape index (κ2) is 26.0. The lowest BCUT2D eigenvalue weighted by molar-refractivity contribution is -0.131. The van der Waals surface area contributed by atoms with E-state index in [4.69, 9.17) is 45.5 Å². The van der Waals surface area contributed by atoms with Crippen LogP contribution in [0.2, 0.25) is 5.02 Å². The van der Waals surface area contributed by atoms with Crippen molar-refractivity contribution in [3.8, 4) is 17.8 Å². The molecule has 22 heteroatoms. The first kappa shape index (κ1) is 56.9. The summed E-state index contributed by atoms with van der Waals surface area (Å²) in [6.45, 7) is 11.1. The van der Waals surface area contributed by atoms with Crippen molar-refractivity contribution >= 4 is 74.7 Å². The van der Waals surface area contributed by atoms with Crippen LogP contribution in [0.5, 0.6) is 11.8 Å². The molecule has 0 unspecified atom stereocenters. The van der Waals surface area contributed by atoms with Gasteiger partial charge in [-0.25, -0.2) is 9.37 Å². The average molecular weight is 1130 g/mol. The van der Waals surface area contributed by atoms with E-state index in [1.807, 2.05) is 25.1 Å². The van der Waals surface area contributed by atoms with Crippen LogP contribution in [-0.2, 0) is 32.0 Å². The maximum atomic E-state index is 14.1. The van der Waals surface area contributed by atoms with Crippen LogP contribution in [0, 0.1) is 11.3 Å².